The lowest BCUT2D eigenvalue weighted by atomic mass is 9.99. The Balaban J connectivity index is 0.00000225. The van der Waals surface area contributed by atoms with E-state index in [2.05, 4.69) is 30.4 Å². The smallest absolute Gasteiger partial charge is 0.181 e. The Bertz CT molecular complexity index is 955. The van der Waals surface area contributed by atoms with Crippen LogP contribution in [0.1, 0.15) is 21.7 Å². The Labute approximate surface area is 157 Å². The lowest BCUT2D eigenvalue weighted by Crippen LogP contribution is -2.52. The average molecular weight is 374 g/mol. The number of rotatable bonds is 4. The minimum absolute atomic E-state index is 0. The third-order valence-electron chi connectivity index (χ3n) is 4.71. The predicted molar refractivity (Wildman–Crippen MR) is 103 cm³/mol. The summed E-state index contributed by atoms with van der Waals surface area (Å²) in [5, 5.41) is 11.0. The van der Waals surface area contributed by atoms with Crippen LogP contribution in [0.4, 0.5) is 14.6 Å². The first kappa shape index (κ1) is 17.8. The van der Waals surface area contributed by atoms with Gasteiger partial charge >= 0.3 is 0 Å². The maximum Gasteiger partial charge on any atom is 0.181 e. The number of H-pyrrole nitrogens is 1. The molecular formula is C19H24F2N6. The SMILES string of the molecule is CC(C)(F)CC1CN(c2ccc(F)c(-c3[nH]nc4ncccc34)n2)CCN1.[HH]. The molecule has 4 rings (SSSR count). The van der Waals surface area contributed by atoms with E-state index in [0.717, 1.165) is 18.5 Å². The Kier molecular flexibility index (Phi) is 4.51. The number of aromatic nitrogens is 4. The van der Waals surface area contributed by atoms with Crippen LogP contribution in [-0.4, -0.2) is 51.5 Å². The maximum absolute atomic E-state index is 14.5. The van der Waals surface area contributed by atoms with Crippen molar-refractivity contribution < 1.29 is 10.2 Å². The van der Waals surface area contributed by atoms with Gasteiger partial charge in [-0.25, -0.2) is 18.7 Å². The quantitative estimate of drug-likeness (QED) is 0.733. The molecule has 2 N–H and O–H groups in total. The second-order valence-corrected chi connectivity index (χ2v) is 7.49. The van der Waals surface area contributed by atoms with Crippen molar-refractivity contribution in [3.8, 4) is 11.4 Å². The third kappa shape index (κ3) is 3.75. The van der Waals surface area contributed by atoms with Crippen molar-refractivity contribution in [3.63, 3.8) is 0 Å². The van der Waals surface area contributed by atoms with E-state index in [1.165, 1.54) is 6.07 Å². The largest absolute Gasteiger partial charge is 0.354 e. The Hall–Kier alpha value is -2.61. The number of pyridine rings is 2. The van der Waals surface area contributed by atoms with Gasteiger partial charge in [0.1, 0.15) is 17.2 Å². The molecule has 27 heavy (non-hydrogen) atoms. The second-order valence-electron chi connectivity index (χ2n) is 7.49. The highest BCUT2D eigenvalue weighted by Gasteiger charge is 2.27. The van der Waals surface area contributed by atoms with Crippen molar-refractivity contribution in [3.05, 3.63) is 36.3 Å². The molecule has 0 bridgehead atoms. The Morgan fingerprint density at radius 2 is 2.19 bits per heavy atom. The van der Waals surface area contributed by atoms with Crippen LogP contribution < -0.4 is 10.2 Å². The molecule has 1 aliphatic rings. The third-order valence-corrected chi connectivity index (χ3v) is 4.71. The molecule has 1 aliphatic heterocycles. The van der Waals surface area contributed by atoms with E-state index < -0.39 is 11.5 Å². The number of hydrogen-bond acceptors (Lipinski definition) is 5. The first-order chi connectivity index (χ1) is 12.9. The standard InChI is InChI=1S/C19H22F2N6.H2/c1-19(2,21)10-12-11-27(9-8-22-12)15-6-5-14(20)17(24-15)16-13-4-3-7-23-18(13)26-25-16;/h3-7,12,22H,8-11H2,1-2H3,(H,23,25,26);1H. The summed E-state index contributed by atoms with van der Waals surface area (Å²) in [5.74, 6) is 0.242. The Morgan fingerprint density at radius 3 is 3.00 bits per heavy atom. The number of piperazine rings is 1. The number of anilines is 1. The number of aromatic amines is 1. The molecule has 0 saturated carbocycles. The number of fused-ring (bicyclic) bond motifs is 1. The summed E-state index contributed by atoms with van der Waals surface area (Å²) in [4.78, 5) is 10.8. The van der Waals surface area contributed by atoms with Crippen molar-refractivity contribution in [2.45, 2.75) is 32.0 Å². The molecule has 1 atom stereocenters. The highest BCUT2D eigenvalue weighted by atomic mass is 19.1. The van der Waals surface area contributed by atoms with Crippen LogP contribution in [0.5, 0.6) is 0 Å². The summed E-state index contributed by atoms with van der Waals surface area (Å²) in [5.41, 5.74) is -0.00591. The second kappa shape index (κ2) is 6.84. The molecule has 1 saturated heterocycles. The first-order valence-corrected chi connectivity index (χ1v) is 9.04. The molecule has 1 fully saturated rings. The van der Waals surface area contributed by atoms with E-state index in [9.17, 15) is 8.78 Å². The van der Waals surface area contributed by atoms with Gasteiger partial charge in [-0.3, -0.25) is 5.10 Å². The summed E-state index contributed by atoms with van der Waals surface area (Å²) in [6.07, 6.45) is 2.05. The minimum atomic E-state index is -1.25. The molecule has 0 radical (unpaired) electrons. The molecule has 6 nitrogen and oxygen atoms in total. The van der Waals surface area contributed by atoms with Crippen LogP contribution in [-0.2, 0) is 0 Å². The average Bonchev–Trinajstić information content (AvgIpc) is 3.05. The van der Waals surface area contributed by atoms with Gasteiger partial charge in [0.2, 0.25) is 0 Å². The van der Waals surface area contributed by atoms with Crippen LogP contribution in [0.3, 0.4) is 0 Å². The number of hydrogen-bond donors (Lipinski definition) is 2. The number of nitrogens with one attached hydrogen (secondary N) is 2. The van der Waals surface area contributed by atoms with Gasteiger partial charge in [0.15, 0.2) is 11.5 Å². The van der Waals surface area contributed by atoms with Crippen molar-refractivity contribution >= 4 is 16.9 Å². The maximum atomic E-state index is 14.5. The fourth-order valence-corrected chi connectivity index (χ4v) is 3.57. The summed E-state index contributed by atoms with van der Waals surface area (Å²) in [7, 11) is 0. The molecule has 1 unspecified atom stereocenters. The van der Waals surface area contributed by atoms with Gasteiger partial charge in [0.05, 0.1) is 5.69 Å². The molecule has 3 aromatic rings. The van der Waals surface area contributed by atoms with Gasteiger partial charge in [-0.05, 0) is 44.5 Å². The Morgan fingerprint density at radius 1 is 1.33 bits per heavy atom. The molecule has 0 amide bonds. The number of halogens is 2. The summed E-state index contributed by atoms with van der Waals surface area (Å²) in [6.45, 7) is 5.24. The predicted octanol–water partition coefficient (Wildman–Crippen LogP) is 3.32. The van der Waals surface area contributed by atoms with Crippen LogP contribution in [0.15, 0.2) is 30.5 Å². The molecule has 0 aliphatic carbocycles. The van der Waals surface area contributed by atoms with Crippen molar-refractivity contribution in [1.29, 1.82) is 0 Å². The van der Waals surface area contributed by atoms with Crippen molar-refractivity contribution in [2.24, 2.45) is 0 Å². The van der Waals surface area contributed by atoms with Crippen molar-refractivity contribution in [2.75, 3.05) is 24.5 Å². The van der Waals surface area contributed by atoms with Crippen LogP contribution in [0.2, 0.25) is 0 Å². The summed E-state index contributed by atoms with van der Waals surface area (Å²) >= 11 is 0. The van der Waals surface area contributed by atoms with E-state index >= 15 is 0 Å². The normalized spacial score (nSPS) is 18.2. The number of nitrogens with zero attached hydrogens (tertiary/aromatic N) is 4. The van der Waals surface area contributed by atoms with Crippen LogP contribution in [0, 0.1) is 5.82 Å². The van der Waals surface area contributed by atoms with Gasteiger partial charge in [-0.2, -0.15) is 5.10 Å². The van der Waals surface area contributed by atoms with Gasteiger partial charge in [-0.15, -0.1) is 0 Å². The van der Waals surface area contributed by atoms with Gasteiger partial charge < -0.3 is 10.2 Å². The van der Waals surface area contributed by atoms with Gasteiger partial charge in [-0.1, -0.05) is 0 Å². The van der Waals surface area contributed by atoms with E-state index in [0.29, 0.717) is 30.1 Å². The zero-order chi connectivity index (χ0) is 19.0. The molecular weight excluding hydrogens is 350 g/mol. The molecule has 0 aromatic carbocycles. The van der Waals surface area contributed by atoms with E-state index in [4.69, 9.17) is 0 Å². The number of alkyl halides is 1. The monoisotopic (exact) mass is 374 g/mol. The van der Waals surface area contributed by atoms with Crippen LogP contribution in [0.25, 0.3) is 22.4 Å². The van der Waals surface area contributed by atoms with E-state index in [1.807, 2.05) is 6.07 Å². The molecule has 0 spiro atoms. The first-order valence-electron chi connectivity index (χ1n) is 9.04. The lowest BCUT2D eigenvalue weighted by molar-refractivity contribution is 0.175. The summed E-state index contributed by atoms with van der Waals surface area (Å²) in [6, 6.07) is 6.71. The lowest BCUT2D eigenvalue weighted by Gasteiger charge is -2.36. The highest BCUT2D eigenvalue weighted by molar-refractivity contribution is 5.89. The topological polar surface area (TPSA) is 69.7 Å². The molecule has 144 valence electrons. The summed E-state index contributed by atoms with van der Waals surface area (Å²) < 4.78 is 28.5. The fourth-order valence-electron chi connectivity index (χ4n) is 3.57. The van der Waals surface area contributed by atoms with E-state index in [-0.39, 0.29) is 13.2 Å². The highest BCUT2D eigenvalue weighted by Crippen LogP contribution is 2.28. The molecule has 8 heteroatoms. The van der Waals surface area contributed by atoms with Crippen molar-refractivity contribution in [1.82, 2.24) is 25.5 Å². The van der Waals surface area contributed by atoms with E-state index in [1.54, 1.807) is 32.2 Å². The zero-order valence-electron chi connectivity index (χ0n) is 15.3. The van der Waals surface area contributed by atoms with Crippen LogP contribution >= 0.6 is 0 Å². The minimum Gasteiger partial charge on any atom is -0.354 e. The molecule has 4 heterocycles. The molecule has 3 aromatic heterocycles. The van der Waals surface area contributed by atoms with Gasteiger partial charge in [0.25, 0.3) is 0 Å². The zero-order valence-corrected chi connectivity index (χ0v) is 15.3. The van der Waals surface area contributed by atoms with Gasteiger partial charge in [0, 0.05) is 38.7 Å². The fraction of sp³-hybridized carbons (Fsp3) is 0.421.